The number of aliphatic hydroxyl groups excluding tert-OH is 1. The predicted octanol–water partition coefficient (Wildman–Crippen LogP) is 5.18. The van der Waals surface area contributed by atoms with Gasteiger partial charge in [0.25, 0.3) is 11.7 Å². The highest BCUT2D eigenvalue weighted by atomic mass is 16.5. The predicted molar refractivity (Wildman–Crippen MR) is 141 cm³/mol. The summed E-state index contributed by atoms with van der Waals surface area (Å²) in [5.41, 5.74) is 2.64. The zero-order chi connectivity index (χ0) is 26.6. The molecule has 1 aliphatic heterocycles. The SMILES string of the molecule is Cc1cccc(COc2ccc(C(O)=C3C(=O)C(=O)N(CCCn4ccnc4)[C@H]3c3ccc(C)o3)cc2)c1. The lowest BCUT2D eigenvalue weighted by Crippen LogP contribution is -2.31. The van der Waals surface area contributed by atoms with E-state index >= 15 is 0 Å². The molecule has 3 heterocycles. The molecule has 1 N–H and O–H groups in total. The molecule has 1 fully saturated rings. The Morgan fingerprint density at radius 2 is 1.87 bits per heavy atom. The first-order chi connectivity index (χ1) is 18.4. The number of furan rings is 1. The fourth-order valence-corrected chi connectivity index (χ4v) is 4.68. The lowest BCUT2D eigenvalue weighted by Gasteiger charge is -2.23. The van der Waals surface area contributed by atoms with Crippen molar-refractivity contribution in [3.63, 3.8) is 0 Å². The first-order valence-corrected chi connectivity index (χ1v) is 12.5. The maximum atomic E-state index is 13.2. The van der Waals surface area contributed by atoms with Crippen LogP contribution in [0.1, 0.15) is 40.7 Å². The summed E-state index contributed by atoms with van der Waals surface area (Å²) in [6.45, 7) is 5.19. The van der Waals surface area contributed by atoms with Crippen molar-refractivity contribution in [2.75, 3.05) is 6.54 Å². The highest BCUT2D eigenvalue weighted by molar-refractivity contribution is 6.46. The van der Waals surface area contributed by atoms with Crippen molar-refractivity contribution in [3.8, 4) is 5.75 Å². The first-order valence-electron chi connectivity index (χ1n) is 12.5. The van der Waals surface area contributed by atoms with E-state index in [1.54, 1.807) is 55.8 Å². The van der Waals surface area contributed by atoms with E-state index in [2.05, 4.69) is 11.1 Å². The number of ether oxygens (including phenoxy) is 1. The number of aryl methyl sites for hydroxylation is 3. The molecule has 0 unspecified atom stereocenters. The number of amides is 1. The van der Waals surface area contributed by atoms with Crippen LogP contribution in [-0.2, 0) is 22.7 Å². The average Bonchev–Trinajstić information content (AvgIpc) is 3.64. The molecule has 8 nitrogen and oxygen atoms in total. The number of hydrogen-bond donors (Lipinski definition) is 1. The van der Waals surface area contributed by atoms with Crippen LogP contribution in [0.15, 0.2) is 89.4 Å². The number of likely N-dealkylation sites (tertiary alicyclic amines) is 1. The summed E-state index contributed by atoms with van der Waals surface area (Å²) in [7, 11) is 0. The van der Waals surface area contributed by atoms with Crippen LogP contribution < -0.4 is 4.74 Å². The molecule has 1 atom stereocenters. The molecule has 2 aromatic heterocycles. The molecule has 0 bridgehead atoms. The third-order valence-corrected chi connectivity index (χ3v) is 6.56. The zero-order valence-electron chi connectivity index (χ0n) is 21.3. The molecule has 8 heteroatoms. The first kappa shape index (κ1) is 25.1. The Balaban J connectivity index is 1.39. The molecule has 0 radical (unpaired) electrons. The molecule has 2 aromatic carbocycles. The van der Waals surface area contributed by atoms with Crippen LogP contribution in [0.3, 0.4) is 0 Å². The van der Waals surface area contributed by atoms with Gasteiger partial charge in [-0.1, -0.05) is 29.8 Å². The number of imidazole rings is 1. The molecule has 0 spiro atoms. The molecule has 1 saturated heterocycles. The van der Waals surface area contributed by atoms with Crippen LogP contribution in [0.4, 0.5) is 0 Å². The van der Waals surface area contributed by atoms with Crippen LogP contribution in [0, 0.1) is 13.8 Å². The van der Waals surface area contributed by atoms with Crippen molar-refractivity contribution >= 4 is 17.4 Å². The quantitative estimate of drug-likeness (QED) is 0.189. The number of carbonyl (C=O) groups is 2. The Hall–Kier alpha value is -4.59. The molecule has 0 saturated carbocycles. The molecular weight excluding hydrogens is 482 g/mol. The Bertz CT molecular complexity index is 1470. The lowest BCUT2D eigenvalue weighted by molar-refractivity contribution is -0.140. The normalized spacial score (nSPS) is 16.8. The molecule has 4 aromatic rings. The topological polar surface area (TPSA) is 97.8 Å². The van der Waals surface area contributed by atoms with E-state index in [0.29, 0.717) is 49.0 Å². The van der Waals surface area contributed by atoms with E-state index in [0.717, 1.165) is 11.1 Å². The number of hydrogen-bond acceptors (Lipinski definition) is 6. The van der Waals surface area contributed by atoms with Crippen molar-refractivity contribution in [1.82, 2.24) is 14.5 Å². The number of nitrogens with zero attached hydrogens (tertiary/aromatic N) is 3. The van der Waals surface area contributed by atoms with Crippen molar-refractivity contribution in [3.05, 3.63) is 113 Å². The number of aromatic nitrogens is 2. The Kier molecular flexibility index (Phi) is 7.13. The van der Waals surface area contributed by atoms with Crippen LogP contribution in [0.5, 0.6) is 5.75 Å². The maximum absolute atomic E-state index is 13.2. The standard InChI is InChI=1S/C30H29N3O5/c1-20-5-3-6-22(17-20)18-37-24-10-8-23(9-11-24)28(34)26-27(25-12-7-21(2)38-25)33(30(36)29(26)35)15-4-14-32-16-13-31-19-32/h3,5-13,16-17,19,27,34H,4,14-15,18H2,1-2H3/t27-/m0/s1. The molecule has 38 heavy (non-hydrogen) atoms. The highest BCUT2D eigenvalue weighted by Crippen LogP contribution is 2.40. The second-order valence-electron chi connectivity index (χ2n) is 9.40. The monoisotopic (exact) mass is 511 g/mol. The van der Waals surface area contributed by atoms with E-state index < -0.39 is 17.7 Å². The number of benzene rings is 2. The van der Waals surface area contributed by atoms with E-state index in [4.69, 9.17) is 9.15 Å². The number of aliphatic hydroxyl groups is 1. The summed E-state index contributed by atoms with van der Waals surface area (Å²) in [5.74, 6) is 0.0763. The van der Waals surface area contributed by atoms with Gasteiger partial charge in [0.05, 0.1) is 11.9 Å². The molecule has 194 valence electrons. The third kappa shape index (κ3) is 5.25. The van der Waals surface area contributed by atoms with E-state index in [-0.39, 0.29) is 11.3 Å². The van der Waals surface area contributed by atoms with Gasteiger partial charge in [0.2, 0.25) is 0 Å². The second kappa shape index (κ2) is 10.8. The summed E-state index contributed by atoms with van der Waals surface area (Å²) in [5, 5.41) is 11.3. The van der Waals surface area contributed by atoms with Gasteiger partial charge >= 0.3 is 0 Å². The van der Waals surface area contributed by atoms with Gasteiger partial charge in [-0.15, -0.1) is 0 Å². The third-order valence-electron chi connectivity index (χ3n) is 6.56. The number of carbonyl (C=O) groups excluding carboxylic acids is 2. The van der Waals surface area contributed by atoms with Gasteiger partial charge in [-0.25, -0.2) is 4.98 Å². The minimum atomic E-state index is -0.816. The minimum Gasteiger partial charge on any atom is -0.507 e. The fraction of sp³-hybridized carbons (Fsp3) is 0.233. The lowest BCUT2D eigenvalue weighted by atomic mass is 9.99. The van der Waals surface area contributed by atoms with Crippen LogP contribution in [0.2, 0.25) is 0 Å². The van der Waals surface area contributed by atoms with Gasteiger partial charge in [-0.2, -0.15) is 0 Å². The summed E-state index contributed by atoms with van der Waals surface area (Å²) < 4.78 is 13.6. The largest absolute Gasteiger partial charge is 0.507 e. The van der Waals surface area contributed by atoms with Gasteiger partial charge in [0, 0.05) is 31.0 Å². The smallest absolute Gasteiger partial charge is 0.295 e. The highest BCUT2D eigenvalue weighted by Gasteiger charge is 2.47. The second-order valence-corrected chi connectivity index (χ2v) is 9.40. The van der Waals surface area contributed by atoms with Gasteiger partial charge in [0.1, 0.15) is 35.7 Å². The Morgan fingerprint density at radius 1 is 1.05 bits per heavy atom. The van der Waals surface area contributed by atoms with E-state index in [9.17, 15) is 14.7 Å². The average molecular weight is 512 g/mol. The molecular formula is C30H29N3O5. The molecule has 0 aliphatic carbocycles. The Labute approximate surface area is 220 Å². The van der Waals surface area contributed by atoms with Crippen molar-refractivity contribution in [2.45, 2.75) is 39.5 Å². The van der Waals surface area contributed by atoms with Gasteiger partial charge in [-0.05, 0) is 62.2 Å². The van der Waals surface area contributed by atoms with Crippen molar-refractivity contribution in [1.29, 1.82) is 0 Å². The summed E-state index contributed by atoms with van der Waals surface area (Å²) >= 11 is 0. The summed E-state index contributed by atoms with van der Waals surface area (Å²) in [4.78, 5) is 31.8. The summed E-state index contributed by atoms with van der Waals surface area (Å²) in [6, 6.07) is 17.6. The Morgan fingerprint density at radius 3 is 2.55 bits per heavy atom. The molecule has 1 aliphatic rings. The fourth-order valence-electron chi connectivity index (χ4n) is 4.68. The maximum Gasteiger partial charge on any atom is 0.295 e. The minimum absolute atomic E-state index is 0.0143. The summed E-state index contributed by atoms with van der Waals surface area (Å²) in [6.07, 6.45) is 5.84. The van der Waals surface area contributed by atoms with E-state index in [1.165, 1.54) is 4.90 Å². The van der Waals surface area contributed by atoms with Crippen LogP contribution in [-0.4, -0.2) is 37.8 Å². The van der Waals surface area contributed by atoms with Gasteiger partial charge in [-0.3, -0.25) is 9.59 Å². The number of Topliss-reactive ketones (excluding diaryl/α,β-unsaturated/α-hetero) is 1. The van der Waals surface area contributed by atoms with Crippen molar-refractivity contribution in [2.24, 2.45) is 0 Å². The van der Waals surface area contributed by atoms with Gasteiger partial charge < -0.3 is 23.7 Å². The number of ketones is 1. The molecule has 5 rings (SSSR count). The molecule has 1 amide bonds. The number of rotatable bonds is 9. The van der Waals surface area contributed by atoms with Crippen LogP contribution in [0.25, 0.3) is 5.76 Å². The van der Waals surface area contributed by atoms with E-state index in [1.807, 2.05) is 35.9 Å². The van der Waals surface area contributed by atoms with Crippen LogP contribution >= 0.6 is 0 Å². The van der Waals surface area contributed by atoms with Crippen molar-refractivity contribution < 1.29 is 23.8 Å². The zero-order valence-corrected chi connectivity index (χ0v) is 21.3. The van der Waals surface area contributed by atoms with Gasteiger partial charge in [0.15, 0.2) is 0 Å².